The summed E-state index contributed by atoms with van der Waals surface area (Å²) in [6.45, 7) is 8.23. The van der Waals surface area contributed by atoms with Gasteiger partial charge in [0.05, 0.1) is 28.6 Å². The van der Waals surface area contributed by atoms with E-state index >= 15 is 8.78 Å². The van der Waals surface area contributed by atoms with Crippen molar-refractivity contribution in [2.24, 2.45) is 5.92 Å². The molecule has 2 aromatic carbocycles. The molecule has 0 N–H and O–H groups in total. The predicted octanol–water partition coefficient (Wildman–Crippen LogP) is 6.71. The third-order valence-electron chi connectivity index (χ3n) is 11.7. The van der Waals surface area contributed by atoms with Crippen LogP contribution in [0.5, 0.6) is 11.8 Å². The zero-order valence-electron chi connectivity index (χ0n) is 33.3. The fraction of sp³-hybridized carbons (Fsp3) is 0.488. The van der Waals surface area contributed by atoms with Crippen LogP contribution >= 0.6 is 0 Å². The van der Waals surface area contributed by atoms with Crippen LogP contribution in [-0.4, -0.2) is 106 Å². The molecule has 4 aromatic rings. The van der Waals surface area contributed by atoms with E-state index in [-0.39, 0.29) is 75.9 Å². The average molecular weight is 815 g/mol. The second kappa shape index (κ2) is 15.8. The summed E-state index contributed by atoms with van der Waals surface area (Å²) < 4.78 is 69.7. The number of hydrogen-bond acceptors (Lipinski definition) is 12. The van der Waals surface area contributed by atoms with Gasteiger partial charge in [-0.05, 0) is 61.7 Å². The van der Waals surface area contributed by atoms with Crippen molar-refractivity contribution in [3.8, 4) is 35.4 Å². The minimum Gasteiger partial charge on any atom is -0.461 e. The van der Waals surface area contributed by atoms with Gasteiger partial charge in [-0.3, -0.25) is 24.4 Å². The molecule has 2 bridgehead atoms. The molecule has 1 amide bonds. The number of esters is 2. The lowest BCUT2D eigenvalue weighted by Gasteiger charge is -2.41. The van der Waals surface area contributed by atoms with Gasteiger partial charge in [0, 0.05) is 63.5 Å². The van der Waals surface area contributed by atoms with E-state index in [0.29, 0.717) is 50.1 Å². The quantitative estimate of drug-likeness (QED) is 0.0729. The highest BCUT2D eigenvalue weighted by molar-refractivity contribution is 6.03. The van der Waals surface area contributed by atoms with Gasteiger partial charge in [-0.2, -0.15) is 9.97 Å². The fourth-order valence-electron chi connectivity index (χ4n) is 9.30. The van der Waals surface area contributed by atoms with Crippen molar-refractivity contribution in [3.05, 3.63) is 47.7 Å². The van der Waals surface area contributed by atoms with E-state index in [1.807, 2.05) is 18.7 Å². The van der Waals surface area contributed by atoms with Crippen LogP contribution in [0.1, 0.15) is 71.8 Å². The number of terminal acetylenes is 1. The molecule has 59 heavy (non-hydrogen) atoms. The number of pyridine rings is 1. The molecule has 4 saturated heterocycles. The van der Waals surface area contributed by atoms with Crippen molar-refractivity contribution in [3.63, 3.8) is 0 Å². The minimum atomic E-state index is -1.08. The summed E-state index contributed by atoms with van der Waals surface area (Å²) in [6, 6.07) is 4.76. The summed E-state index contributed by atoms with van der Waals surface area (Å²) in [6.07, 6.45) is 7.92. The second-order valence-corrected chi connectivity index (χ2v) is 16.3. The summed E-state index contributed by atoms with van der Waals surface area (Å²) in [5.74, 6) is 0.160. The number of halogens is 3. The lowest BCUT2D eigenvalue weighted by molar-refractivity contribution is -0.167. The van der Waals surface area contributed by atoms with Gasteiger partial charge < -0.3 is 23.8 Å². The number of carbonyl (C=O) groups excluding carboxylic acids is 3. The third kappa shape index (κ3) is 7.68. The summed E-state index contributed by atoms with van der Waals surface area (Å²) in [7, 11) is 0. The first-order valence-electron chi connectivity index (χ1n) is 20.0. The van der Waals surface area contributed by atoms with E-state index in [1.54, 1.807) is 4.90 Å². The van der Waals surface area contributed by atoms with Crippen LogP contribution in [0.3, 0.4) is 0 Å². The smallest absolute Gasteiger partial charge is 0.413 e. The Hall–Kier alpha value is -5.69. The molecular weight excluding hydrogens is 770 g/mol. The molecule has 0 radical (unpaired) electrons. The fourth-order valence-corrected chi connectivity index (χ4v) is 9.30. The molecule has 310 valence electrons. The van der Waals surface area contributed by atoms with Gasteiger partial charge in [-0.25, -0.2) is 18.0 Å². The molecule has 0 aliphatic carbocycles. The lowest BCUT2D eigenvalue weighted by atomic mass is 9.95. The van der Waals surface area contributed by atoms with Crippen LogP contribution in [0.25, 0.3) is 32.9 Å². The second-order valence-electron chi connectivity index (χ2n) is 16.3. The number of hydrogen-bond donors (Lipinski definition) is 0. The summed E-state index contributed by atoms with van der Waals surface area (Å²) in [5, 5.41) is 0.819. The number of nitrogens with zero attached hydrogens (tertiary/aromatic N) is 6. The van der Waals surface area contributed by atoms with Crippen LogP contribution in [0, 0.1) is 29.9 Å². The molecule has 4 fully saturated rings. The summed E-state index contributed by atoms with van der Waals surface area (Å²) >= 11 is 0. The Morgan fingerprint density at radius 3 is 2.53 bits per heavy atom. The molecule has 4 aliphatic rings. The first kappa shape index (κ1) is 40.1. The maximum Gasteiger partial charge on any atom is 0.413 e. The molecule has 0 saturated carbocycles. The number of alkyl halides is 1. The number of anilines is 1. The molecule has 8 rings (SSSR count). The Morgan fingerprint density at radius 2 is 1.81 bits per heavy atom. The molecule has 6 heterocycles. The Balaban J connectivity index is 1.18. The highest BCUT2D eigenvalue weighted by Crippen LogP contribution is 2.43. The van der Waals surface area contributed by atoms with Crippen LogP contribution in [0.15, 0.2) is 30.5 Å². The van der Waals surface area contributed by atoms with Crippen molar-refractivity contribution < 1.29 is 46.5 Å². The van der Waals surface area contributed by atoms with Crippen molar-refractivity contribution >= 4 is 45.5 Å². The van der Waals surface area contributed by atoms with Gasteiger partial charge in [0.2, 0.25) is 6.29 Å². The van der Waals surface area contributed by atoms with Crippen molar-refractivity contribution in [1.29, 1.82) is 0 Å². The third-order valence-corrected chi connectivity index (χ3v) is 11.7. The van der Waals surface area contributed by atoms with Crippen molar-refractivity contribution in [2.75, 3.05) is 37.7 Å². The van der Waals surface area contributed by atoms with Crippen LogP contribution in [0.4, 0.5) is 23.8 Å². The first-order chi connectivity index (χ1) is 28.2. The highest BCUT2D eigenvalue weighted by Gasteiger charge is 2.50. The molecule has 2 aromatic heterocycles. The minimum absolute atomic E-state index is 0.0707. The number of ether oxygens (including phenoxy) is 4. The molecule has 16 heteroatoms. The number of carbonyl (C=O) groups is 3. The van der Waals surface area contributed by atoms with Crippen LogP contribution < -0.4 is 14.4 Å². The van der Waals surface area contributed by atoms with Gasteiger partial charge >= 0.3 is 24.0 Å². The van der Waals surface area contributed by atoms with E-state index in [9.17, 15) is 18.8 Å². The zero-order chi connectivity index (χ0) is 41.7. The van der Waals surface area contributed by atoms with E-state index in [2.05, 4.69) is 20.8 Å². The average Bonchev–Trinajstić information content (AvgIpc) is 3.79. The molecule has 5 atom stereocenters. The van der Waals surface area contributed by atoms with Gasteiger partial charge in [0.15, 0.2) is 5.82 Å². The largest absolute Gasteiger partial charge is 0.461 e. The lowest BCUT2D eigenvalue weighted by Crippen LogP contribution is -2.56. The SMILES string of the molecule is C#Cc1c(F)ccc2cc(OC(C)=O)cc(-c3ncc4c(N5CC6CCC(C5)N6C(=O)OC(C)OC(=O)CC(C)C)nc(OC[C@@]56CCCN5C[C@H](F)C6)nc4c3F)c12. The monoisotopic (exact) mass is 814 g/mol. The Kier molecular flexibility index (Phi) is 10.8. The van der Waals surface area contributed by atoms with Crippen LogP contribution in [0.2, 0.25) is 0 Å². The Bertz CT molecular complexity index is 2380. The molecule has 0 spiro atoms. The number of amides is 1. The van der Waals surface area contributed by atoms with Gasteiger partial charge in [-0.15, -0.1) is 6.42 Å². The van der Waals surface area contributed by atoms with Gasteiger partial charge in [-0.1, -0.05) is 25.8 Å². The summed E-state index contributed by atoms with van der Waals surface area (Å²) in [4.78, 5) is 57.3. The zero-order valence-corrected chi connectivity index (χ0v) is 33.3. The van der Waals surface area contributed by atoms with E-state index in [4.69, 9.17) is 30.4 Å². The molecular formula is C43H45F3N6O7. The van der Waals surface area contributed by atoms with Gasteiger partial charge in [0.1, 0.15) is 41.4 Å². The standard InChI is InChI=1S/C43H45F3N6O7/c1-6-31-34(45)11-8-26-15-30(57-24(4)53)16-32(36(26)31)38-37(46)39-33(18-47-38)40(49-41(48-39)56-22-43-12-7-13-51(43)19-27(44)17-43)50-20-28-9-10-29(21-50)52(28)42(55)59-25(5)58-35(54)14-23(2)3/h1,8,11,15-16,18,23,25,27-29H,7,9-10,12-14,17,19-22H2,2-5H3/t25?,27-,28?,29?,43+/m1/s1. The number of rotatable bonds is 10. The van der Waals surface area contributed by atoms with Crippen molar-refractivity contribution in [2.45, 2.75) is 96.3 Å². The normalized spacial score (nSPS) is 23.1. The predicted molar refractivity (Wildman–Crippen MR) is 210 cm³/mol. The van der Waals surface area contributed by atoms with E-state index < -0.39 is 47.7 Å². The maximum absolute atomic E-state index is 17.3. The first-order valence-corrected chi connectivity index (χ1v) is 20.0. The Labute approximate surface area is 339 Å². The molecule has 4 aliphatic heterocycles. The van der Waals surface area contributed by atoms with Crippen LogP contribution in [-0.2, 0) is 19.1 Å². The Morgan fingerprint density at radius 1 is 1.05 bits per heavy atom. The summed E-state index contributed by atoms with van der Waals surface area (Å²) in [5.41, 5.74) is -0.985. The van der Waals surface area contributed by atoms with Crippen molar-refractivity contribution in [1.82, 2.24) is 24.8 Å². The maximum atomic E-state index is 17.3. The number of aromatic nitrogens is 3. The number of benzene rings is 2. The topological polar surface area (TPSA) is 137 Å². The molecule has 13 nitrogen and oxygen atoms in total. The molecule has 3 unspecified atom stereocenters. The van der Waals surface area contributed by atoms with Gasteiger partial charge in [0.25, 0.3) is 0 Å². The highest BCUT2D eigenvalue weighted by atomic mass is 19.1. The number of fused-ring (bicyclic) bond motifs is 5. The van der Waals surface area contributed by atoms with E-state index in [0.717, 1.165) is 19.4 Å². The number of piperazine rings is 1. The van der Waals surface area contributed by atoms with E-state index in [1.165, 1.54) is 44.3 Å².